The van der Waals surface area contributed by atoms with Crippen LogP contribution in [-0.2, 0) is 9.31 Å². The quantitative estimate of drug-likeness (QED) is 0.661. The van der Waals surface area contributed by atoms with Gasteiger partial charge in [-0.05, 0) is 33.3 Å². The van der Waals surface area contributed by atoms with E-state index >= 15 is 0 Å². The third-order valence-electron chi connectivity index (χ3n) is 4.28. The largest absolute Gasteiger partial charge is 0.512 e. The molecule has 0 unspecified atom stereocenters. The standard InChI is InChI=1S/C16H23BN2O2/c1-15(2)16(3,4)21-17(20-15)14(19-5)13(11-18)12-9-7-6-8-10-12/h6-11,18-19H,1-5H3/b14-13+,18-11?. The molecule has 0 bridgehead atoms. The van der Waals surface area contributed by atoms with Crippen molar-refractivity contribution < 1.29 is 9.31 Å². The molecule has 1 heterocycles. The zero-order valence-corrected chi connectivity index (χ0v) is 13.4. The maximum atomic E-state index is 7.76. The zero-order chi connectivity index (χ0) is 15.7. The van der Waals surface area contributed by atoms with E-state index in [1.54, 1.807) is 0 Å². The summed E-state index contributed by atoms with van der Waals surface area (Å²) >= 11 is 0. The molecular weight excluding hydrogens is 263 g/mol. The van der Waals surface area contributed by atoms with Crippen molar-refractivity contribution >= 4 is 18.9 Å². The molecule has 0 atom stereocenters. The first-order chi connectivity index (χ1) is 9.82. The van der Waals surface area contributed by atoms with Crippen LogP contribution in [0.15, 0.2) is 35.9 Å². The molecule has 1 aromatic rings. The molecule has 2 rings (SSSR count). The van der Waals surface area contributed by atoms with Gasteiger partial charge in [-0.2, -0.15) is 0 Å². The molecule has 0 spiro atoms. The van der Waals surface area contributed by atoms with E-state index in [2.05, 4.69) is 5.32 Å². The number of hydrogen-bond acceptors (Lipinski definition) is 4. The monoisotopic (exact) mass is 286 g/mol. The molecule has 0 aromatic heterocycles. The van der Waals surface area contributed by atoms with E-state index in [9.17, 15) is 0 Å². The molecule has 2 N–H and O–H groups in total. The van der Waals surface area contributed by atoms with Gasteiger partial charge in [0.2, 0.25) is 0 Å². The number of nitrogens with one attached hydrogen (secondary N) is 2. The fraction of sp³-hybridized carbons (Fsp3) is 0.438. The maximum Gasteiger partial charge on any atom is 0.512 e. The summed E-state index contributed by atoms with van der Waals surface area (Å²) in [5.41, 5.74) is 1.71. The van der Waals surface area contributed by atoms with E-state index in [0.29, 0.717) is 0 Å². The number of hydrogen-bond donors (Lipinski definition) is 2. The van der Waals surface area contributed by atoms with Gasteiger partial charge < -0.3 is 20.0 Å². The van der Waals surface area contributed by atoms with E-state index < -0.39 is 18.3 Å². The SMILES string of the molecule is CN/C(B1OC(C)(C)C(C)(C)O1)=C(\C=N)c1ccccc1. The molecule has 0 saturated carbocycles. The van der Waals surface area contributed by atoms with E-state index in [0.717, 1.165) is 16.7 Å². The minimum atomic E-state index is -0.503. The Bertz CT molecular complexity index is 537. The highest BCUT2D eigenvalue weighted by Gasteiger charge is 2.52. The van der Waals surface area contributed by atoms with Crippen molar-refractivity contribution in [3.63, 3.8) is 0 Å². The Hall–Kier alpha value is -1.59. The summed E-state index contributed by atoms with van der Waals surface area (Å²) in [6, 6.07) is 9.82. The molecule has 112 valence electrons. The summed E-state index contributed by atoms with van der Waals surface area (Å²) < 4.78 is 12.2. The Labute approximate surface area is 127 Å². The fourth-order valence-electron chi connectivity index (χ4n) is 2.27. The van der Waals surface area contributed by atoms with E-state index in [1.165, 1.54) is 6.21 Å². The van der Waals surface area contributed by atoms with Gasteiger partial charge in [0.1, 0.15) is 0 Å². The molecule has 1 aliphatic rings. The molecule has 1 fully saturated rings. The van der Waals surface area contributed by atoms with Crippen LogP contribution in [-0.4, -0.2) is 31.6 Å². The minimum absolute atomic E-state index is 0.399. The molecule has 1 saturated heterocycles. The third kappa shape index (κ3) is 2.89. The first kappa shape index (κ1) is 15.8. The second-order valence-electron chi connectivity index (χ2n) is 6.18. The van der Waals surface area contributed by atoms with E-state index in [4.69, 9.17) is 14.7 Å². The number of benzene rings is 1. The Morgan fingerprint density at radius 3 is 2.05 bits per heavy atom. The first-order valence-corrected chi connectivity index (χ1v) is 7.16. The Balaban J connectivity index is 2.44. The second kappa shape index (κ2) is 5.66. The molecule has 0 radical (unpaired) electrons. The second-order valence-corrected chi connectivity index (χ2v) is 6.18. The van der Waals surface area contributed by atoms with Crippen LogP contribution in [0.1, 0.15) is 33.3 Å². The molecule has 21 heavy (non-hydrogen) atoms. The van der Waals surface area contributed by atoms with Gasteiger partial charge in [0.05, 0.1) is 16.8 Å². The molecule has 1 aliphatic heterocycles. The van der Waals surface area contributed by atoms with Gasteiger partial charge in [0.25, 0.3) is 0 Å². The van der Waals surface area contributed by atoms with Gasteiger partial charge in [0, 0.05) is 18.8 Å². The lowest BCUT2D eigenvalue weighted by molar-refractivity contribution is 0.00578. The van der Waals surface area contributed by atoms with Gasteiger partial charge >= 0.3 is 7.12 Å². The van der Waals surface area contributed by atoms with Crippen LogP contribution in [0.25, 0.3) is 5.57 Å². The average molecular weight is 286 g/mol. The average Bonchev–Trinajstić information content (AvgIpc) is 2.65. The summed E-state index contributed by atoms with van der Waals surface area (Å²) in [6.45, 7) is 8.08. The van der Waals surface area contributed by atoms with Crippen molar-refractivity contribution in [2.45, 2.75) is 38.9 Å². The van der Waals surface area contributed by atoms with Crippen LogP contribution >= 0.6 is 0 Å². The number of allylic oxidation sites excluding steroid dienone is 1. The Morgan fingerprint density at radius 2 is 1.62 bits per heavy atom. The molecule has 0 amide bonds. The molecule has 5 heteroatoms. The Kier molecular flexibility index (Phi) is 4.26. The van der Waals surface area contributed by atoms with E-state index in [-0.39, 0.29) is 0 Å². The predicted octanol–water partition coefficient (Wildman–Crippen LogP) is 2.90. The summed E-state index contributed by atoms with van der Waals surface area (Å²) in [6.07, 6.45) is 1.34. The highest BCUT2D eigenvalue weighted by atomic mass is 16.7. The van der Waals surface area contributed by atoms with Crippen molar-refractivity contribution in [3.05, 3.63) is 41.5 Å². The van der Waals surface area contributed by atoms with Crippen molar-refractivity contribution in [2.24, 2.45) is 0 Å². The van der Waals surface area contributed by atoms with Crippen LogP contribution in [0, 0.1) is 5.41 Å². The van der Waals surface area contributed by atoms with Gasteiger partial charge in [-0.1, -0.05) is 30.3 Å². The molecular formula is C16H23BN2O2. The Morgan fingerprint density at radius 1 is 1.10 bits per heavy atom. The predicted molar refractivity (Wildman–Crippen MR) is 87.3 cm³/mol. The highest BCUT2D eigenvalue weighted by molar-refractivity contribution is 6.57. The van der Waals surface area contributed by atoms with Crippen LogP contribution < -0.4 is 5.32 Å². The van der Waals surface area contributed by atoms with Crippen molar-refractivity contribution in [1.82, 2.24) is 5.32 Å². The van der Waals surface area contributed by atoms with Crippen molar-refractivity contribution in [2.75, 3.05) is 7.05 Å². The fourth-order valence-corrected chi connectivity index (χ4v) is 2.27. The summed E-state index contributed by atoms with van der Waals surface area (Å²) in [5, 5.41) is 10.9. The van der Waals surface area contributed by atoms with E-state index in [1.807, 2.05) is 65.1 Å². The van der Waals surface area contributed by atoms with Crippen molar-refractivity contribution in [1.29, 1.82) is 5.41 Å². The topological polar surface area (TPSA) is 54.3 Å². The maximum absolute atomic E-state index is 7.76. The lowest BCUT2D eigenvalue weighted by Crippen LogP contribution is -2.41. The van der Waals surface area contributed by atoms with Gasteiger partial charge in [-0.3, -0.25) is 0 Å². The van der Waals surface area contributed by atoms with Crippen LogP contribution in [0.5, 0.6) is 0 Å². The highest BCUT2D eigenvalue weighted by Crippen LogP contribution is 2.39. The van der Waals surface area contributed by atoms with Crippen LogP contribution in [0.2, 0.25) is 0 Å². The van der Waals surface area contributed by atoms with Gasteiger partial charge in [-0.15, -0.1) is 0 Å². The smallest absolute Gasteiger partial charge is 0.398 e. The lowest BCUT2D eigenvalue weighted by Gasteiger charge is -2.32. The van der Waals surface area contributed by atoms with Crippen LogP contribution in [0.4, 0.5) is 0 Å². The third-order valence-corrected chi connectivity index (χ3v) is 4.28. The van der Waals surface area contributed by atoms with Gasteiger partial charge in [0.15, 0.2) is 0 Å². The number of rotatable bonds is 4. The normalized spacial score (nSPS) is 20.9. The molecule has 1 aromatic carbocycles. The summed E-state index contributed by atoms with van der Waals surface area (Å²) in [7, 11) is 1.32. The van der Waals surface area contributed by atoms with Crippen LogP contribution in [0.3, 0.4) is 0 Å². The zero-order valence-electron chi connectivity index (χ0n) is 13.4. The molecule has 4 nitrogen and oxygen atoms in total. The van der Waals surface area contributed by atoms with Gasteiger partial charge in [-0.25, -0.2) is 0 Å². The van der Waals surface area contributed by atoms with Crippen molar-refractivity contribution in [3.8, 4) is 0 Å². The lowest BCUT2D eigenvalue weighted by atomic mass is 9.79. The first-order valence-electron chi connectivity index (χ1n) is 7.16. The molecule has 0 aliphatic carbocycles. The summed E-state index contributed by atoms with van der Waals surface area (Å²) in [4.78, 5) is 0. The minimum Gasteiger partial charge on any atom is -0.398 e. The summed E-state index contributed by atoms with van der Waals surface area (Å²) in [5.74, 6) is 0.